The zero-order chi connectivity index (χ0) is 16.5. The number of hydrogen-bond acceptors (Lipinski definition) is 3. The van der Waals surface area contributed by atoms with Crippen LogP contribution in [0.25, 0.3) is 0 Å². The number of piperidine rings is 1. The number of rotatable bonds is 3. The quantitative estimate of drug-likeness (QED) is 0.585. The van der Waals surface area contributed by atoms with Crippen molar-refractivity contribution in [1.82, 2.24) is 4.90 Å². The first-order valence-corrected chi connectivity index (χ1v) is 7.14. The number of hydrogen-bond donors (Lipinski definition) is 0. The maximum atomic E-state index is 14.3. The van der Waals surface area contributed by atoms with Gasteiger partial charge in [0.1, 0.15) is 6.10 Å². The number of ether oxygens (including phenoxy) is 2. The lowest BCUT2D eigenvalue weighted by Gasteiger charge is -2.42. The summed E-state index contributed by atoms with van der Waals surface area (Å²) in [4.78, 5) is 0.574. The topological polar surface area (TPSA) is 21.7 Å². The van der Waals surface area contributed by atoms with E-state index in [1.54, 1.807) is 0 Å². The van der Waals surface area contributed by atoms with Gasteiger partial charge in [0.05, 0.1) is 25.7 Å². The lowest BCUT2D eigenvalue weighted by molar-refractivity contribution is -0.255. The molecule has 0 amide bonds. The Balaban J connectivity index is 2.07. The van der Waals surface area contributed by atoms with E-state index in [0.29, 0.717) is 4.90 Å². The zero-order valence-electron chi connectivity index (χ0n) is 12.1. The molecule has 9 heteroatoms. The first-order chi connectivity index (χ1) is 10.1. The Morgan fingerprint density at radius 1 is 1.09 bits per heavy atom. The molecule has 130 valence electrons. The molecule has 0 bridgehead atoms. The molecule has 2 rings (SSSR count). The second-order valence-corrected chi connectivity index (χ2v) is 5.98. The van der Waals surface area contributed by atoms with Crippen molar-refractivity contribution in [2.75, 3.05) is 32.9 Å². The van der Waals surface area contributed by atoms with E-state index in [1.165, 1.54) is 6.92 Å². The molecule has 0 spiro atoms. The molecule has 4 unspecified atom stereocenters. The van der Waals surface area contributed by atoms with Crippen molar-refractivity contribution in [2.24, 2.45) is 11.8 Å². The number of alkyl halides is 6. The van der Waals surface area contributed by atoms with Gasteiger partial charge in [-0.25, -0.2) is 4.39 Å². The van der Waals surface area contributed by atoms with E-state index in [-0.39, 0.29) is 26.2 Å². The molecule has 0 aromatic carbocycles. The van der Waals surface area contributed by atoms with Crippen LogP contribution in [-0.4, -0.2) is 62.3 Å². The smallest absolute Gasteiger partial charge is 0.376 e. The van der Waals surface area contributed by atoms with Crippen LogP contribution in [0.1, 0.15) is 13.3 Å². The predicted molar refractivity (Wildman–Crippen MR) is 65.3 cm³/mol. The highest BCUT2D eigenvalue weighted by Gasteiger charge is 2.55. The maximum absolute atomic E-state index is 14.3. The van der Waals surface area contributed by atoms with Crippen LogP contribution in [0.3, 0.4) is 0 Å². The molecule has 2 heterocycles. The summed E-state index contributed by atoms with van der Waals surface area (Å²) in [5.74, 6) is -6.24. The van der Waals surface area contributed by atoms with Crippen LogP contribution >= 0.6 is 0 Å². The second-order valence-electron chi connectivity index (χ2n) is 5.98. The molecule has 0 aliphatic carbocycles. The van der Waals surface area contributed by atoms with Crippen LogP contribution in [0.4, 0.5) is 26.3 Å². The van der Waals surface area contributed by atoms with Crippen molar-refractivity contribution >= 4 is 0 Å². The molecular formula is C13H19F6NO2. The van der Waals surface area contributed by atoms with E-state index in [1.807, 2.05) is 0 Å². The summed E-state index contributed by atoms with van der Waals surface area (Å²) in [7, 11) is 0. The van der Waals surface area contributed by atoms with Gasteiger partial charge in [0.25, 0.3) is 0 Å². The minimum Gasteiger partial charge on any atom is -0.376 e. The highest BCUT2D eigenvalue weighted by atomic mass is 19.4. The SMILES string of the molecule is CC1CC(C(F)(F)F)CN(C(F)C(F)(F)C2COCCO2)C1. The summed E-state index contributed by atoms with van der Waals surface area (Å²) in [6.45, 7) is 0.166. The first-order valence-electron chi connectivity index (χ1n) is 7.14. The molecule has 4 atom stereocenters. The summed E-state index contributed by atoms with van der Waals surface area (Å²) >= 11 is 0. The largest absolute Gasteiger partial charge is 0.393 e. The molecule has 2 aliphatic rings. The average molecular weight is 335 g/mol. The Morgan fingerprint density at radius 3 is 2.32 bits per heavy atom. The third-order valence-electron chi connectivity index (χ3n) is 4.03. The van der Waals surface area contributed by atoms with Crippen molar-refractivity contribution in [2.45, 2.75) is 37.8 Å². The van der Waals surface area contributed by atoms with Crippen LogP contribution in [0.15, 0.2) is 0 Å². The van der Waals surface area contributed by atoms with Gasteiger partial charge in [0.2, 0.25) is 6.30 Å². The third kappa shape index (κ3) is 3.86. The standard InChI is InChI=1S/C13H19F6NO2/c1-8-4-9(13(17,18)19)6-20(5-8)11(14)12(15,16)10-7-21-2-3-22-10/h8-11H,2-7H2,1H3. The molecule has 2 aliphatic heterocycles. The van der Waals surface area contributed by atoms with Gasteiger partial charge >= 0.3 is 12.1 Å². The molecule has 0 radical (unpaired) electrons. The Morgan fingerprint density at radius 2 is 1.77 bits per heavy atom. The summed E-state index contributed by atoms with van der Waals surface area (Å²) in [5, 5.41) is 0. The van der Waals surface area contributed by atoms with Crippen LogP contribution in [0.2, 0.25) is 0 Å². The van der Waals surface area contributed by atoms with Crippen molar-refractivity contribution in [1.29, 1.82) is 0 Å². The summed E-state index contributed by atoms with van der Waals surface area (Å²) < 4.78 is 90.6. The van der Waals surface area contributed by atoms with Crippen molar-refractivity contribution in [3.63, 3.8) is 0 Å². The molecule has 0 aromatic rings. The molecule has 0 saturated carbocycles. The van der Waals surface area contributed by atoms with Gasteiger partial charge in [-0.1, -0.05) is 6.92 Å². The minimum atomic E-state index is -4.52. The van der Waals surface area contributed by atoms with Crippen LogP contribution in [0.5, 0.6) is 0 Å². The Hall–Kier alpha value is -0.540. The lowest BCUT2D eigenvalue weighted by Crippen LogP contribution is -2.58. The summed E-state index contributed by atoms with van der Waals surface area (Å²) in [6.07, 6.45) is -9.31. The van der Waals surface area contributed by atoms with E-state index in [4.69, 9.17) is 9.47 Å². The third-order valence-corrected chi connectivity index (χ3v) is 4.03. The van der Waals surface area contributed by atoms with Crippen molar-refractivity contribution in [3.05, 3.63) is 0 Å². The minimum absolute atomic E-state index is 0.0887. The summed E-state index contributed by atoms with van der Waals surface area (Å²) in [6, 6.07) is 0. The Kier molecular flexibility index (Phi) is 5.28. The van der Waals surface area contributed by atoms with Crippen LogP contribution < -0.4 is 0 Å². The van der Waals surface area contributed by atoms with Crippen LogP contribution in [0, 0.1) is 11.8 Å². The van der Waals surface area contributed by atoms with Crippen LogP contribution in [-0.2, 0) is 9.47 Å². The molecule has 22 heavy (non-hydrogen) atoms. The van der Waals surface area contributed by atoms with Gasteiger partial charge in [0.15, 0.2) is 0 Å². The van der Waals surface area contributed by atoms with E-state index in [2.05, 4.69) is 0 Å². The van der Waals surface area contributed by atoms with Gasteiger partial charge in [-0.05, 0) is 12.3 Å². The van der Waals surface area contributed by atoms with E-state index < -0.39 is 49.5 Å². The molecule has 2 fully saturated rings. The fraction of sp³-hybridized carbons (Fsp3) is 1.00. The van der Waals surface area contributed by atoms with E-state index in [9.17, 15) is 26.3 Å². The molecule has 3 nitrogen and oxygen atoms in total. The maximum Gasteiger partial charge on any atom is 0.393 e. The fourth-order valence-corrected chi connectivity index (χ4v) is 2.92. The lowest BCUT2D eigenvalue weighted by atomic mass is 9.89. The van der Waals surface area contributed by atoms with Gasteiger partial charge in [-0.3, -0.25) is 4.90 Å². The normalized spacial score (nSPS) is 33.7. The fourth-order valence-electron chi connectivity index (χ4n) is 2.92. The van der Waals surface area contributed by atoms with Crippen molar-refractivity contribution in [3.8, 4) is 0 Å². The van der Waals surface area contributed by atoms with Gasteiger partial charge in [-0.2, -0.15) is 22.0 Å². The monoisotopic (exact) mass is 335 g/mol. The van der Waals surface area contributed by atoms with E-state index >= 15 is 0 Å². The zero-order valence-corrected chi connectivity index (χ0v) is 12.1. The predicted octanol–water partition coefficient (Wildman–Crippen LogP) is 2.85. The first kappa shape index (κ1) is 17.8. The van der Waals surface area contributed by atoms with Crippen molar-refractivity contribution < 1.29 is 35.8 Å². The number of halogens is 6. The summed E-state index contributed by atoms with van der Waals surface area (Å²) in [5.41, 5.74) is 0. The van der Waals surface area contributed by atoms with Gasteiger partial charge in [0, 0.05) is 13.1 Å². The highest BCUT2D eigenvalue weighted by molar-refractivity contribution is 4.91. The average Bonchev–Trinajstić information content (AvgIpc) is 2.45. The Bertz CT molecular complexity index is 372. The number of likely N-dealkylation sites (tertiary alicyclic amines) is 1. The van der Waals surface area contributed by atoms with E-state index in [0.717, 1.165) is 0 Å². The molecule has 0 N–H and O–H groups in total. The highest BCUT2D eigenvalue weighted by Crippen LogP contribution is 2.39. The van der Waals surface area contributed by atoms with Gasteiger partial charge < -0.3 is 9.47 Å². The number of nitrogens with zero attached hydrogens (tertiary/aromatic N) is 1. The molecule has 0 aromatic heterocycles. The Labute approximate surface area is 124 Å². The molecular weight excluding hydrogens is 316 g/mol. The second kappa shape index (κ2) is 6.52. The van der Waals surface area contributed by atoms with Gasteiger partial charge in [-0.15, -0.1) is 0 Å². The molecule has 2 saturated heterocycles.